The third-order valence-electron chi connectivity index (χ3n) is 2.19. The van der Waals surface area contributed by atoms with E-state index >= 15 is 0 Å². The highest BCUT2D eigenvalue weighted by Crippen LogP contribution is 2.34. The molecule has 1 aromatic carbocycles. The minimum absolute atomic E-state index is 0.0668. The molecule has 0 heterocycles. The van der Waals surface area contributed by atoms with E-state index < -0.39 is 23.4 Å². The van der Waals surface area contributed by atoms with E-state index in [2.05, 4.69) is 5.32 Å². The Hall–Kier alpha value is -1.33. The monoisotopic (exact) mass is 215 g/mol. The number of phenols is 2. The lowest BCUT2D eigenvalue weighted by molar-refractivity contribution is 0.172. The molecule has 0 saturated heterocycles. The number of rotatable bonds is 3. The summed E-state index contributed by atoms with van der Waals surface area (Å²) in [5.74, 6) is -2.39. The van der Waals surface area contributed by atoms with Crippen molar-refractivity contribution in [2.75, 3.05) is 13.6 Å². The van der Waals surface area contributed by atoms with Gasteiger partial charge in [0.15, 0.2) is 11.5 Å². The molecule has 0 amide bonds. The fraction of sp³-hybridized carbons (Fsp3) is 0.400. The number of hydrogen-bond donors (Lipinski definition) is 4. The first-order valence-corrected chi connectivity index (χ1v) is 4.52. The summed E-state index contributed by atoms with van der Waals surface area (Å²) in [6.45, 7) is 1.69. The van der Waals surface area contributed by atoms with E-state index in [1.165, 1.54) is 13.0 Å². The molecule has 0 aliphatic heterocycles. The molecule has 0 saturated carbocycles. The van der Waals surface area contributed by atoms with Crippen molar-refractivity contribution in [3.05, 3.63) is 23.0 Å². The number of aliphatic hydroxyl groups is 1. The standard InChI is InChI=1S/C10H14FNO3/c1-5-3-6(7(13)4-12-2)10(15)8(11)9(5)14/h3,7,12-15H,4H2,1-2H3. The van der Waals surface area contributed by atoms with Crippen molar-refractivity contribution in [3.8, 4) is 11.5 Å². The first kappa shape index (κ1) is 11.7. The second kappa shape index (κ2) is 4.46. The summed E-state index contributed by atoms with van der Waals surface area (Å²) in [4.78, 5) is 0. The van der Waals surface area contributed by atoms with Crippen molar-refractivity contribution >= 4 is 0 Å². The topological polar surface area (TPSA) is 72.7 Å². The van der Waals surface area contributed by atoms with Gasteiger partial charge in [0.25, 0.3) is 0 Å². The van der Waals surface area contributed by atoms with Crippen LogP contribution in [0.1, 0.15) is 17.2 Å². The minimum atomic E-state index is -1.10. The number of halogens is 1. The van der Waals surface area contributed by atoms with E-state index in [0.29, 0.717) is 0 Å². The van der Waals surface area contributed by atoms with Crippen LogP contribution in [0.25, 0.3) is 0 Å². The predicted octanol–water partition coefficient (Wildman–Crippen LogP) is 0.798. The van der Waals surface area contributed by atoms with Crippen LogP contribution in [0.15, 0.2) is 6.07 Å². The molecule has 0 aliphatic carbocycles. The van der Waals surface area contributed by atoms with Gasteiger partial charge in [-0.3, -0.25) is 0 Å². The number of aryl methyl sites for hydroxylation is 1. The molecule has 0 spiro atoms. The number of aromatic hydroxyl groups is 2. The zero-order valence-corrected chi connectivity index (χ0v) is 8.58. The van der Waals surface area contributed by atoms with Crippen LogP contribution in [0.3, 0.4) is 0 Å². The summed E-state index contributed by atoms with van der Waals surface area (Å²) in [6.07, 6.45) is -1.01. The van der Waals surface area contributed by atoms with Crippen molar-refractivity contribution < 1.29 is 19.7 Å². The third kappa shape index (κ3) is 2.19. The molecule has 84 valence electrons. The van der Waals surface area contributed by atoms with Gasteiger partial charge in [-0.05, 0) is 25.6 Å². The molecule has 1 rings (SSSR count). The lowest BCUT2D eigenvalue weighted by atomic mass is 10.0. The summed E-state index contributed by atoms with van der Waals surface area (Å²) < 4.78 is 13.2. The van der Waals surface area contributed by atoms with Gasteiger partial charge in [0, 0.05) is 12.1 Å². The van der Waals surface area contributed by atoms with Crippen LogP contribution < -0.4 is 5.32 Å². The Labute approximate surface area is 87.0 Å². The van der Waals surface area contributed by atoms with E-state index in [-0.39, 0.29) is 17.7 Å². The van der Waals surface area contributed by atoms with Gasteiger partial charge in [-0.2, -0.15) is 4.39 Å². The lowest BCUT2D eigenvalue weighted by Crippen LogP contribution is -2.17. The van der Waals surface area contributed by atoms with E-state index in [1.807, 2.05) is 0 Å². The predicted molar refractivity (Wildman–Crippen MR) is 53.4 cm³/mol. The molecule has 1 aromatic rings. The van der Waals surface area contributed by atoms with Gasteiger partial charge in [0.05, 0.1) is 6.10 Å². The molecular weight excluding hydrogens is 201 g/mol. The highest BCUT2D eigenvalue weighted by atomic mass is 19.1. The van der Waals surface area contributed by atoms with Gasteiger partial charge in [-0.15, -0.1) is 0 Å². The Morgan fingerprint density at radius 3 is 2.53 bits per heavy atom. The highest BCUT2D eigenvalue weighted by molar-refractivity contribution is 5.47. The summed E-state index contributed by atoms with van der Waals surface area (Å²) in [6, 6.07) is 1.36. The van der Waals surface area contributed by atoms with E-state index in [9.17, 15) is 19.7 Å². The maximum atomic E-state index is 13.2. The van der Waals surface area contributed by atoms with Gasteiger partial charge in [-0.1, -0.05) is 0 Å². The Kier molecular flexibility index (Phi) is 3.49. The van der Waals surface area contributed by atoms with Gasteiger partial charge >= 0.3 is 0 Å². The van der Waals surface area contributed by atoms with Crippen LogP contribution in [-0.2, 0) is 0 Å². The first-order chi connectivity index (χ1) is 6.99. The van der Waals surface area contributed by atoms with Crippen LogP contribution in [0.5, 0.6) is 11.5 Å². The Bertz CT molecular complexity index is 368. The number of likely N-dealkylation sites (N-methyl/N-ethyl adjacent to an activating group) is 1. The molecule has 4 N–H and O–H groups in total. The lowest BCUT2D eigenvalue weighted by Gasteiger charge is -2.14. The van der Waals surface area contributed by atoms with Crippen molar-refractivity contribution in [3.63, 3.8) is 0 Å². The number of hydrogen-bond acceptors (Lipinski definition) is 4. The second-order valence-corrected chi connectivity index (χ2v) is 3.37. The Balaban J connectivity index is 3.19. The number of nitrogens with one attached hydrogen (secondary N) is 1. The molecule has 0 bridgehead atoms. The van der Waals surface area contributed by atoms with Crippen LogP contribution in [0, 0.1) is 12.7 Å². The molecule has 0 aliphatic rings. The molecule has 15 heavy (non-hydrogen) atoms. The van der Waals surface area contributed by atoms with Crippen molar-refractivity contribution in [2.45, 2.75) is 13.0 Å². The molecule has 0 aromatic heterocycles. The average molecular weight is 215 g/mol. The third-order valence-corrected chi connectivity index (χ3v) is 2.19. The van der Waals surface area contributed by atoms with E-state index in [4.69, 9.17) is 0 Å². The maximum absolute atomic E-state index is 13.2. The molecule has 1 unspecified atom stereocenters. The summed E-state index contributed by atoms with van der Waals surface area (Å²) in [5, 5.41) is 30.8. The zero-order valence-electron chi connectivity index (χ0n) is 8.58. The van der Waals surface area contributed by atoms with Crippen LogP contribution in [0.4, 0.5) is 4.39 Å². The quantitative estimate of drug-likeness (QED) is 0.601. The van der Waals surface area contributed by atoms with Gasteiger partial charge in [0.2, 0.25) is 5.82 Å². The number of aliphatic hydroxyl groups excluding tert-OH is 1. The van der Waals surface area contributed by atoms with Crippen LogP contribution in [-0.4, -0.2) is 28.9 Å². The van der Waals surface area contributed by atoms with Crippen molar-refractivity contribution in [1.29, 1.82) is 0 Å². The summed E-state index contributed by atoms with van der Waals surface area (Å²) >= 11 is 0. The average Bonchev–Trinajstić information content (AvgIpc) is 2.20. The zero-order chi connectivity index (χ0) is 11.6. The number of phenolic OH excluding ortho intramolecular Hbond substituents is 2. The van der Waals surface area contributed by atoms with Crippen molar-refractivity contribution in [2.24, 2.45) is 0 Å². The normalized spacial score (nSPS) is 12.8. The summed E-state index contributed by atoms with van der Waals surface area (Å²) in [7, 11) is 1.63. The first-order valence-electron chi connectivity index (χ1n) is 4.52. The molecular formula is C10H14FNO3. The van der Waals surface area contributed by atoms with Crippen molar-refractivity contribution in [1.82, 2.24) is 5.32 Å². The largest absolute Gasteiger partial charge is 0.505 e. The summed E-state index contributed by atoms with van der Waals surface area (Å²) in [5.41, 5.74) is 0.340. The van der Waals surface area contributed by atoms with Crippen LogP contribution >= 0.6 is 0 Å². The fourth-order valence-electron chi connectivity index (χ4n) is 1.34. The molecule has 0 fully saturated rings. The fourth-order valence-corrected chi connectivity index (χ4v) is 1.34. The SMILES string of the molecule is CNCC(O)c1cc(C)c(O)c(F)c1O. The highest BCUT2D eigenvalue weighted by Gasteiger charge is 2.19. The Morgan fingerprint density at radius 2 is 2.00 bits per heavy atom. The Morgan fingerprint density at radius 1 is 1.40 bits per heavy atom. The van der Waals surface area contributed by atoms with Crippen LogP contribution in [0.2, 0.25) is 0 Å². The van der Waals surface area contributed by atoms with E-state index in [1.54, 1.807) is 7.05 Å². The second-order valence-electron chi connectivity index (χ2n) is 3.37. The molecule has 0 radical (unpaired) electrons. The number of benzene rings is 1. The smallest absolute Gasteiger partial charge is 0.206 e. The molecule has 5 heteroatoms. The minimum Gasteiger partial charge on any atom is -0.505 e. The maximum Gasteiger partial charge on any atom is 0.206 e. The molecule has 1 atom stereocenters. The molecule has 4 nitrogen and oxygen atoms in total. The van der Waals surface area contributed by atoms with Gasteiger partial charge in [-0.25, -0.2) is 0 Å². The van der Waals surface area contributed by atoms with Gasteiger partial charge in [0.1, 0.15) is 0 Å². The van der Waals surface area contributed by atoms with E-state index in [0.717, 1.165) is 0 Å². The van der Waals surface area contributed by atoms with Gasteiger partial charge < -0.3 is 20.6 Å².